The van der Waals surface area contributed by atoms with Gasteiger partial charge in [0.05, 0.1) is 0 Å². The fraction of sp³-hybridized carbons (Fsp3) is 0. The summed E-state index contributed by atoms with van der Waals surface area (Å²) < 4.78 is 0. The lowest BCUT2D eigenvalue weighted by Gasteiger charge is -2.08. The van der Waals surface area contributed by atoms with Crippen molar-refractivity contribution in [3.05, 3.63) is 90.3 Å². The normalized spacial score (nSPS) is 14.5. The first-order chi connectivity index (χ1) is 10.6. The molecule has 7 nitrogen and oxygen atoms in total. The van der Waals surface area contributed by atoms with Gasteiger partial charge >= 0.3 is 5.69 Å². The quantitative estimate of drug-likeness (QED) is 0.563. The Morgan fingerprint density at radius 3 is 2.14 bits per heavy atom. The van der Waals surface area contributed by atoms with Crippen molar-refractivity contribution < 1.29 is 4.79 Å². The summed E-state index contributed by atoms with van der Waals surface area (Å²) in [4.78, 5) is 26.2. The lowest BCUT2D eigenvalue weighted by molar-refractivity contribution is -0.116. The van der Waals surface area contributed by atoms with Crippen LogP contribution in [0.1, 0.15) is 0 Å². The highest BCUT2D eigenvalue weighted by atomic mass is 16.1. The van der Waals surface area contributed by atoms with Crippen LogP contribution in [0.2, 0.25) is 0 Å². The number of rotatable bonds is 0. The van der Waals surface area contributed by atoms with E-state index in [1.165, 1.54) is 18.5 Å². The lowest BCUT2D eigenvalue weighted by atomic mass is 10.3. The van der Waals surface area contributed by atoms with Gasteiger partial charge in [0.25, 0.3) is 5.91 Å². The van der Waals surface area contributed by atoms with Crippen molar-refractivity contribution in [3.63, 3.8) is 0 Å². The topological polar surface area (TPSA) is 98.9 Å². The van der Waals surface area contributed by atoms with Crippen LogP contribution in [-0.2, 0) is 4.79 Å². The van der Waals surface area contributed by atoms with E-state index in [4.69, 9.17) is 0 Å². The molecule has 7 heteroatoms. The molecule has 0 fully saturated rings. The summed E-state index contributed by atoms with van der Waals surface area (Å²) in [6.45, 7) is 7.14. The van der Waals surface area contributed by atoms with Crippen molar-refractivity contribution in [3.8, 4) is 0 Å². The molecule has 0 atom stereocenters. The van der Waals surface area contributed by atoms with Crippen LogP contribution < -0.4 is 21.6 Å². The van der Waals surface area contributed by atoms with E-state index in [-0.39, 0.29) is 11.6 Å². The third kappa shape index (κ3) is 7.95. The average Bonchev–Trinajstić information content (AvgIpc) is 2.50. The summed E-state index contributed by atoms with van der Waals surface area (Å²) in [5, 5.41) is 8.07. The predicted octanol–water partition coefficient (Wildman–Crippen LogP) is 0.634. The minimum absolute atomic E-state index is 0.131. The number of aromatic nitrogens is 2. The second-order valence-electron chi connectivity index (χ2n) is 3.92. The van der Waals surface area contributed by atoms with Crippen LogP contribution in [0.4, 0.5) is 0 Å². The first kappa shape index (κ1) is 16.7. The van der Waals surface area contributed by atoms with Crippen LogP contribution in [0.5, 0.6) is 0 Å². The van der Waals surface area contributed by atoms with E-state index in [0.29, 0.717) is 5.82 Å². The molecule has 0 unspecified atom stereocenters. The Kier molecular flexibility index (Phi) is 7.24. The smallest absolute Gasteiger partial charge is 0.344 e. The molecule has 0 spiro atoms. The van der Waals surface area contributed by atoms with Gasteiger partial charge in [0.15, 0.2) is 0 Å². The number of nitrogens with zero attached hydrogens (tertiary/aromatic N) is 1. The zero-order valence-corrected chi connectivity index (χ0v) is 11.9. The van der Waals surface area contributed by atoms with E-state index in [0.717, 1.165) is 5.70 Å². The second-order valence-corrected chi connectivity index (χ2v) is 3.92. The fourth-order valence-electron chi connectivity index (χ4n) is 1.19. The summed E-state index contributed by atoms with van der Waals surface area (Å²) in [6, 6.07) is 1.65. The number of hydrogen-bond donors (Lipinski definition) is 4. The molecular weight excluding hydrogens is 282 g/mol. The number of amides is 1. The third-order valence-electron chi connectivity index (χ3n) is 2.12. The molecule has 22 heavy (non-hydrogen) atoms. The van der Waals surface area contributed by atoms with Crippen molar-refractivity contribution in [1.82, 2.24) is 25.9 Å². The van der Waals surface area contributed by atoms with Gasteiger partial charge in [-0.3, -0.25) is 4.79 Å². The summed E-state index contributed by atoms with van der Waals surface area (Å²) in [6.07, 6.45) is 13.6. The summed E-state index contributed by atoms with van der Waals surface area (Å²) in [7, 11) is 0. The average molecular weight is 299 g/mol. The lowest BCUT2D eigenvalue weighted by Crippen LogP contribution is -2.30. The SMILES string of the molecule is C=C1C=CC=CN1.C=C1NC=CC(=O)N1.O=c1nccc[nH]1. The van der Waals surface area contributed by atoms with Gasteiger partial charge in [-0.25, -0.2) is 9.78 Å². The van der Waals surface area contributed by atoms with E-state index in [1.54, 1.807) is 12.3 Å². The minimum atomic E-state index is -0.303. The van der Waals surface area contributed by atoms with Gasteiger partial charge in [0.2, 0.25) is 0 Å². The maximum atomic E-state index is 10.4. The van der Waals surface area contributed by atoms with Gasteiger partial charge in [-0.15, -0.1) is 0 Å². The standard InChI is InChI=1S/C6H7N.C5H6N2O.C4H4N2O/c1-6-4-2-3-5-7-6;1-4-6-3-2-5(8)7-4;7-4-5-2-1-3-6-4/h2-5,7H,1H2;2-3,6H,1H2,(H,7,8);1-3H,(H,5,6,7). The molecule has 114 valence electrons. The Morgan fingerprint density at radius 2 is 1.82 bits per heavy atom. The zero-order chi connectivity index (χ0) is 16.2. The third-order valence-corrected chi connectivity index (χ3v) is 2.12. The van der Waals surface area contributed by atoms with Crippen LogP contribution in [0.3, 0.4) is 0 Å². The number of nitrogens with one attached hydrogen (secondary N) is 4. The molecule has 0 radical (unpaired) electrons. The monoisotopic (exact) mass is 299 g/mol. The number of H-pyrrole nitrogens is 1. The van der Waals surface area contributed by atoms with Crippen LogP contribution in [0.15, 0.2) is 84.6 Å². The van der Waals surface area contributed by atoms with Crippen LogP contribution in [-0.4, -0.2) is 15.9 Å². The molecule has 1 aromatic heterocycles. The Labute approximate surface area is 127 Å². The van der Waals surface area contributed by atoms with E-state index in [9.17, 15) is 9.59 Å². The highest BCUT2D eigenvalue weighted by Crippen LogP contribution is 1.92. The summed E-state index contributed by atoms with van der Waals surface area (Å²) in [5.74, 6) is 0.395. The Bertz CT molecular complexity index is 653. The van der Waals surface area contributed by atoms with Crippen molar-refractivity contribution >= 4 is 5.91 Å². The van der Waals surface area contributed by atoms with Gasteiger partial charge in [-0.1, -0.05) is 19.2 Å². The molecule has 2 aliphatic rings. The van der Waals surface area contributed by atoms with Gasteiger partial charge < -0.3 is 20.9 Å². The molecular formula is C15H17N5O2. The highest BCUT2D eigenvalue weighted by Gasteiger charge is 1.99. The Morgan fingerprint density at radius 1 is 1.00 bits per heavy atom. The predicted molar refractivity (Wildman–Crippen MR) is 85.0 cm³/mol. The maximum absolute atomic E-state index is 10.4. The molecule has 0 bridgehead atoms. The van der Waals surface area contributed by atoms with Crippen molar-refractivity contribution in [1.29, 1.82) is 0 Å². The first-order valence-corrected chi connectivity index (χ1v) is 6.29. The van der Waals surface area contributed by atoms with Crippen LogP contribution in [0.25, 0.3) is 0 Å². The fourth-order valence-corrected chi connectivity index (χ4v) is 1.19. The molecule has 0 saturated carbocycles. The number of dihydropyridines is 1. The number of allylic oxidation sites excluding steroid dienone is 3. The van der Waals surface area contributed by atoms with Gasteiger partial charge in [0, 0.05) is 36.6 Å². The van der Waals surface area contributed by atoms with Crippen molar-refractivity contribution in [2.24, 2.45) is 0 Å². The van der Waals surface area contributed by atoms with E-state index >= 15 is 0 Å². The Balaban J connectivity index is 0.000000166. The van der Waals surface area contributed by atoms with Crippen LogP contribution >= 0.6 is 0 Å². The molecule has 1 aromatic rings. The Hall–Kier alpha value is -3.35. The van der Waals surface area contributed by atoms with E-state index in [2.05, 4.69) is 39.1 Å². The molecule has 0 aromatic carbocycles. The van der Waals surface area contributed by atoms with Crippen molar-refractivity contribution in [2.75, 3.05) is 0 Å². The molecule has 1 amide bonds. The molecule has 0 aliphatic carbocycles. The van der Waals surface area contributed by atoms with E-state index in [1.807, 2.05) is 24.4 Å². The minimum Gasteiger partial charge on any atom is -0.362 e. The molecule has 2 aliphatic heterocycles. The number of carbonyl (C=O) groups is 1. The van der Waals surface area contributed by atoms with Gasteiger partial charge in [-0.2, -0.15) is 0 Å². The first-order valence-electron chi connectivity index (χ1n) is 6.29. The largest absolute Gasteiger partial charge is 0.362 e. The molecule has 0 saturated heterocycles. The number of carbonyl (C=O) groups excluding carboxylic acids is 1. The van der Waals surface area contributed by atoms with Gasteiger partial charge in [0.1, 0.15) is 5.82 Å². The van der Waals surface area contributed by atoms with E-state index < -0.39 is 0 Å². The summed E-state index contributed by atoms with van der Waals surface area (Å²) >= 11 is 0. The second kappa shape index (κ2) is 9.54. The number of hydrogen-bond acceptors (Lipinski definition) is 5. The molecule has 3 heterocycles. The van der Waals surface area contributed by atoms with Gasteiger partial charge in [-0.05, 0) is 18.2 Å². The highest BCUT2D eigenvalue weighted by molar-refractivity contribution is 5.89. The molecule has 3 rings (SSSR count). The maximum Gasteiger partial charge on any atom is 0.344 e. The van der Waals surface area contributed by atoms with Crippen LogP contribution in [0, 0.1) is 0 Å². The summed E-state index contributed by atoms with van der Waals surface area (Å²) in [5.41, 5.74) is 0.644. The zero-order valence-electron chi connectivity index (χ0n) is 11.9. The number of aromatic amines is 1. The van der Waals surface area contributed by atoms with Crippen molar-refractivity contribution in [2.45, 2.75) is 0 Å². The molecule has 4 N–H and O–H groups in total.